The molecule has 0 saturated heterocycles. The third-order valence-corrected chi connectivity index (χ3v) is 13.6. The van der Waals surface area contributed by atoms with Crippen molar-refractivity contribution in [2.45, 2.75) is 330 Å². The van der Waals surface area contributed by atoms with Crippen LogP contribution in [0.1, 0.15) is 324 Å². The number of unbranched alkanes of at least 4 members (excludes halogenated alkanes) is 36. The second kappa shape index (κ2) is 50.8. The first kappa shape index (κ1) is 62.4. The maximum Gasteiger partial charge on any atom is 0.306 e. The molecule has 0 aromatic heterocycles. The van der Waals surface area contributed by atoms with E-state index in [1.54, 1.807) is 0 Å². The predicted molar refractivity (Wildman–Crippen MR) is 275 cm³/mol. The Morgan fingerprint density at radius 1 is 0.328 bits per heavy atom. The topological polar surface area (TPSA) is 78.9 Å². The van der Waals surface area contributed by atoms with Gasteiger partial charge in [0, 0.05) is 19.3 Å². The van der Waals surface area contributed by atoms with E-state index in [1.165, 1.54) is 212 Å². The van der Waals surface area contributed by atoms with E-state index >= 15 is 0 Å². The number of carbonyl (C=O) groups excluding carboxylic acids is 3. The predicted octanol–water partition coefficient (Wildman–Crippen LogP) is 18.9. The van der Waals surface area contributed by atoms with Gasteiger partial charge >= 0.3 is 17.9 Å². The molecule has 64 heavy (non-hydrogen) atoms. The summed E-state index contributed by atoms with van der Waals surface area (Å²) in [5, 5.41) is 0. The molecular formula is C58H112O6. The van der Waals surface area contributed by atoms with Crippen LogP contribution in [0.5, 0.6) is 0 Å². The highest BCUT2D eigenvalue weighted by atomic mass is 16.6. The van der Waals surface area contributed by atoms with Gasteiger partial charge in [0.05, 0.1) is 0 Å². The van der Waals surface area contributed by atoms with Gasteiger partial charge in [-0.05, 0) is 31.1 Å². The number of ether oxygens (including phenoxy) is 3. The Morgan fingerprint density at radius 2 is 0.594 bits per heavy atom. The highest BCUT2D eigenvalue weighted by molar-refractivity contribution is 5.71. The second-order valence-electron chi connectivity index (χ2n) is 20.6. The molecule has 6 nitrogen and oxygen atoms in total. The lowest BCUT2D eigenvalue weighted by Gasteiger charge is -2.18. The average Bonchev–Trinajstić information content (AvgIpc) is 3.28. The lowest BCUT2D eigenvalue weighted by atomic mass is 9.99. The van der Waals surface area contributed by atoms with Crippen molar-refractivity contribution in [3.63, 3.8) is 0 Å². The van der Waals surface area contributed by atoms with Gasteiger partial charge in [-0.2, -0.15) is 0 Å². The van der Waals surface area contributed by atoms with Gasteiger partial charge in [0.25, 0.3) is 0 Å². The zero-order valence-electron chi connectivity index (χ0n) is 43.9. The number of rotatable bonds is 52. The summed E-state index contributed by atoms with van der Waals surface area (Å²) in [6.07, 6.45) is 53.9. The summed E-state index contributed by atoms with van der Waals surface area (Å²) >= 11 is 0. The normalized spacial score (nSPS) is 12.5. The lowest BCUT2D eigenvalue weighted by molar-refractivity contribution is -0.167. The first-order chi connectivity index (χ1) is 31.3. The number of hydrogen-bond acceptors (Lipinski definition) is 6. The molecule has 0 aromatic carbocycles. The minimum atomic E-state index is -0.763. The van der Waals surface area contributed by atoms with Gasteiger partial charge in [-0.15, -0.1) is 0 Å². The summed E-state index contributed by atoms with van der Waals surface area (Å²) in [5.41, 5.74) is 0. The summed E-state index contributed by atoms with van der Waals surface area (Å²) in [7, 11) is 0. The van der Waals surface area contributed by atoms with Gasteiger partial charge in [-0.25, -0.2) is 0 Å². The van der Waals surface area contributed by atoms with Crippen LogP contribution >= 0.6 is 0 Å². The summed E-state index contributed by atoms with van der Waals surface area (Å²) in [4.78, 5) is 38.1. The first-order valence-electron chi connectivity index (χ1n) is 28.8. The highest BCUT2D eigenvalue weighted by Crippen LogP contribution is 2.18. The maximum atomic E-state index is 12.8. The largest absolute Gasteiger partial charge is 0.462 e. The van der Waals surface area contributed by atoms with Gasteiger partial charge in [-0.1, -0.05) is 285 Å². The Kier molecular flexibility index (Phi) is 49.6. The molecule has 0 N–H and O–H groups in total. The molecule has 0 amide bonds. The van der Waals surface area contributed by atoms with Crippen molar-refractivity contribution in [2.24, 2.45) is 11.8 Å². The molecule has 380 valence electrons. The Labute approximate surface area is 399 Å². The van der Waals surface area contributed by atoms with E-state index in [-0.39, 0.29) is 31.1 Å². The monoisotopic (exact) mass is 905 g/mol. The molecule has 1 unspecified atom stereocenters. The van der Waals surface area contributed by atoms with Crippen LogP contribution in [0.4, 0.5) is 0 Å². The Morgan fingerprint density at radius 3 is 0.891 bits per heavy atom. The molecule has 0 heterocycles. The Balaban J connectivity index is 4.22. The van der Waals surface area contributed by atoms with E-state index in [9.17, 15) is 14.4 Å². The van der Waals surface area contributed by atoms with Crippen LogP contribution in [0.25, 0.3) is 0 Å². The third kappa shape index (κ3) is 49.8. The molecule has 0 saturated carbocycles. The smallest absolute Gasteiger partial charge is 0.306 e. The van der Waals surface area contributed by atoms with Gasteiger partial charge < -0.3 is 14.2 Å². The van der Waals surface area contributed by atoms with E-state index in [0.29, 0.717) is 19.3 Å². The maximum absolute atomic E-state index is 12.8. The zero-order chi connectivity index (χ0) is 46.8. The van der Waals surface area contributed by atoms with Crippen molar-refractivity contribution in [3.05, 3.63) is 0 Å². The molecule has 0 aliphatic heterocycles. The molecular weight excluding hydrogens is 793 g/mol. The molecule has 0 radical (unpaired) electrons. The van der Waals surface area contributed by atoms with Gasteiger partial charge in [0.15, 0.2) is 6.10 Å². The Bertz CT molecular complexity index is 980. The van der Waals surface area contributed by atoms with Crippen molar-refractivity contribution < 1.29 is 28.6 Å². The van der Waals surface area contributed by atoms with E-state index < -0.39 is 6.10 Å². The summed E-state index contributed by atoms with van der Waals surface area (Å²) in [6, 6.07) is 0. The van der Waals surface area contributed by atoms with Crippen molar-refractivity contribution >= 4 is 17.9 Å². The first-order valence-corrected chi connectivity index (χ1v) is 28.8. The van der Waals surface area contributed by atoms with E-state index in [2.05, 4.69) is 34.6 Å². The average molecular weight is 906 g/mol. The van der Waals surface area contributed by atoms with Crippen LogP contribution in [-0.2, 0) is 28.6 Å². The zero-order valence-corrected chi connectivity index (χ0v) is 43.9. The minimum Gasteiger partial charge on any atom is -0.462 e. The fourth-order valence-electron chi connectivity index (χ4n) is 8.84. The molecule has 0 bridgehead atoms. The molecule has 0 fully saturated rings. The quantitative estimate of drug-likeness (QED) is 0.0344. The van der Waals surface area contributed by atoms with E-state index in [4.69, 9.17) is 14.2 Å². The second-order valence-corrected chi connectivity index (χ2v) is 20.6. The molecule has 0 aliphatic carbocycles. The Hall–Kier alpha value is -1.59. The SMILES string of the molecule is CCCCCCCCCCCCCCCCCCCCC(=O)OC[C@@H](COC(=O)CCCCCCCCCCCCCCCCC(C)CC)OC(=O)CCCCCCCCCC(C)C. The van der Waals surface area contributed by atoms with Crippen LogP contribution in [-0.4, -0.2) is 37.2 Å². The summed E-state index contributed by atoms with van der Waals surface area (Å²) in [6.45, 7) is 11.4. The van der Waals surface area contributed by atoms with E-state index in [0.717, 1.165) is 69.6 Å². The van der Waals surface area contributed by atoms with Crippen LogP contribution < -0.4 is 0 Å². The summed E-state index contributed by atoms with van der Waals surface area (Å²) < 4.78 is 16.9. The number of carbonyl (C=O) groups is 3. The molecule has 2 atom stereocenters. The van der Waals surface area contributed by atoms with Crippen molar-refractivity contribution in [1.82, 2.24) is 0 Å². The minimum absolute atomic E-state index is 0.0637. The molecule has 0 aliphatic rings. The van der Waals surface area contributed by atoms with Crippen molar-refractivity contribution in [1.29, 1.82) is 0 Å². The van der Waals surface area contributed by atoms with Crippen molar-refractivity contribution in [3.8, 4) is 0 Å². The van der Waals surface area contributed by atoms with Gasteiger partial charge in [-0.3, -0.25) is 14.4 Å². The van der Waals surface area contributed by atoms with Crippen LogP contribution in [0.2, 0.25) is 0 Å². The standard InChI is InChI=1S/C58H112O6/c1-6-8-9-10-11-12-13-14-15-16-17-18-22-25-28-33-38-43-48-56(59)62-51-55(64-58(61)50-45-40-35-30-31-36-41-46-53(3)4)52-63-57(60)49-44-39-34-29-26-23-20-19-21-24-27-32-37-42-47-54(5)7-2/h53-55H,6-52H2,1-5H3/t54?,55-/m0/s1. The molecule has 0 aromatic rings. The molecule has 0 rings (SSSR count). The van der Waals surface area contributed by atoms with Crippen molar-refractivity contribution in [2.75, 3.05) is 13.2 Å². The van der Waals surface area contributed by atoms with Crippen LogP contribution in [0, 0.1) is 11.8 Å². The summed E-state index contributed by atoms with van der Waals surface area (Å²) in [5.74, 6) is 0.829. The fourth-order valence-corrected chi connectivity index (χ4v) is 8.84. The number of hydrogen-bond donors (Lipinski definition) is 0. The third-order valence-electron chi connectivity index (χ3n) is 13.6. The highest BCUT2D eigenvalue weighted by Gasteiger charge is 2.19. The van der Waals surface area contributed by atoms with E-state index in [1.807, 2.05) is 0 Å². The lowest BCUT2D eigenvalue weighted by Crippen LogP contribution is -2.30. The van der Waals surface area contributed by atoms with Crippen LogP contribution in [0.15, 0.2) is 0 Å². The number of esters is 3. The van der Waals surface area contributed by atoms with Crippen LogP contribution in [0.3, 0.4) is 0 Å². The van der Waals surface area contributed by atoms with Gasteiger partial charge in [0.1, 0.15) is 13.2 Å². The van der Waals surface area contributed by atoms with Gasteiger partial charge in [0.2, 0.25) is 0 Å². The fraction of sp³-hybridized carbons (Fsp3) is 0.948. The molecule has 6 heteroatoms. The molecule has 0 spiro atoms.